The first kappa shape index (κ1) is 12.8. The molecular formula is C14H17BrFN. The molecule has 3 heteroatoms. The lowest BCUT2D eigenvalue weighted by Gasteiger charge is -2.24. The van der Waals surface area contributed by atoms with Gasteiger partial charge in [0.15, 0.2) is 0 Å². The molecule has 0 amide bonds. The molecule has 1 aliphatic carbocycles. The first-order valence-corrected chi connectivity index (χ1v) is 6.83. The second-order valence-corrected chi connectivity index (χ2v) is 5.24. The molecule has 1 aromatic carbocycles. The SMILES string of the molecule is CNC(C1=CCCCC1)c1c(F)cccc1Br. The summed E-state index contributed by atoms with van der Waals surface area (Å²) in [6.45, 7) is 0. The van der Waals surface area contributed by atoms with E-state index in [0.717, 1.165) is 22.9 Å². The van der Waals surface area contributed by atoms with Crippen molar-refractivity contribution in [1.29, 1.82) is 0 Å². The number of halogens is 2. The molecule has 0 bridgehead atoms. The van der Waals surface area contributed by atoms with Gasteiger partial charge in [-0.1, -0.05) is 33.6 Å². The highest BCUT2D eigenvalue weighted by Gasteiger charge is 2.21. The molecule has 1 N–H and O–H groups in total. The van der Waals surface area contributed by atoms with Crippen molar-refractivity contribution >= 4 is 15.9 Å². The van der Waals surface area contributed by atoms with Crippen molar-refractivity contribution in [2.45, 2.75) is 31.7 Å². The predicted molar refractivity (Wildman–Crippen MR) is 72.5 cm³/mol. The van der Waals surface area contributed by atoms with E-state index in [0.29, 0.717) is 0 Å². The van der Waals surface area contributed by atoms with Gasteiger partial charge >= 0.3 is 0 Å². The molecule has 1 atom stereocenters. The Kier molecular flexibility index (Phi) is 4.35. The fourth-order valence-corrected chi connectivity index (χ4v) is 3.00. The topological polar surface area (TPSA) is 12.0 Å². The maximum Gasteiger partial charge on any atom is 0.129 e. The van der Waals surface area contributed by atoms with E-state index in [4.69, 9.17) is 0 Å². The van der Waals surface area contributed by atoms with Gasteiger partial charge in [0.1, 0.15) is 5.82 Å². The maximum absolute atomic E-state index is 13.9. The van der Waals surface area contributed by atoms with Gasteiger partial charge in [-0.15, -0.1) is 0 Å². The van der Waals surface area contributed by atoms with Crippen LogP contribution in [0.15, 0.2) is 34.3 Å². The number of hydrogen-bond acceptors (Lipinski definition) is 1. The van der Waals surface area contributed by atoms with Crippen LogP contribution in [0.3, 0.4) is 0 Å². The molecule has 0 heterocycles. The highest BCUT2D eigenvalue weighted by molar-refractivity contribution is 9.10. The van der Waals surface area contributed by atoms with Crippen molar-refractivity contribution in [3.8, 4) is 0 Å². The number of allylic oxidation sites excluding steroid dienone is 1. The molecule has 1 unspecified atom stereocenters. The van der Waals surface area contributed by atoms with Crippen LogP contribution in [0.25, 0.3) is 0 Å². The first-order chi connectivity index (χ1) is 8.24. The predicted octanol–water partition coefficient (Wildman–Crippen LogP) is 4.35. The molecule has 0 aliphatic heterocycles. The summed E-state index contributed by atoms with van der Waals surface area (Å²) in [7, 11) is 1.89. The zero-order valence-corrected chi connectivity index (χ0v) is 11.6. The molecule has 0 saturated carbocycles. The van der Waals surface area contributed by atoms with Crippen molar-refractivity contribution < 1.29 is 4.39 Å². The molecule has 92 valence electrons. The molecule has 1 aliphatic rings. The zero-order chi connectivity index (χ0) is 12.3. The summed E-state index contributed by atoms with van der Waals surface area (Å²) in [5, 5.41) is 3.23. The average Bonchev–Trinajstić information content (AvgIpc) is 2.35. The lowest BCUT2D eigenvalue weighted by molar-refractivity contribution is 0.544. The summed E-state index contributed by atoms with van der Waals surface area (Å²) >= 11 is 3.45. The van der Waals surface area contributed by atoms with Crippen LogP contribution in [0.1, 0.15) is 37.3 Å². The Morgan fingerprint density at radius 2 is 2.18 bits per heavy atom. The molecular weight excluding hydrogens is 281 g/mol. The van der Waals surface area contributed by atoms with Crippen molar-refractivity contribution in [1.82, 2.24) is 5.32 Å². The van der Waals surface area contributed by atoms with Crippen molar-refractivity contribution in [2.75, 3.05) is 7.05 Å². The third kappa shape index (κ3) is 2.78. The van der Waals surface area contributed by atoms with E-state index < -0.39 is 0 Å². The van der Waals surface area contributed by atoms with Gasteiger partial charge in [0.25, 0.3) is 0 Å². The Hall–Kier alpha value is -0.670. The molecule has 17 heavy (non-hydrogen) atoms. The molecule has 1 nitrogen and oxygen atoms in total. The number of rotatable bonds is 3. The van der Waals surface area contributed by atoms with Crippen LogP contribution >= 0.6 is 15.9 Å². The monoisotopic (exact) mass is 297 g/mol. The summed E-state index contributed by atoms with van der Waals surface area (Å²) in [6.07, 6.45) is 6.88. The van der Waals surface area contributed by atoms with Gasteiger partial charge in [0.05, 0.1) is 6.04 Å². The van der Waals surface area contributed by atoms with E-state index >= 15 is 0 Å². The minimum Gasteiger partial charge on any atom is -0.309 e. The molecule has 0 aromatic heterocycles. The standard InChI is InChI=1S/C14H17BrFN/c1-17-14(10-6-3-2-4-7-10)13-11(15)8-5-9-12(13)16/h5-6,8-9,14,17H,2-4,7H2,1H3. The Morgan fingerprint density at radius 3 is 2.76 bits per heavy atom. The highest BCUT2D eigenvalue weighted by atomic mass is 79.9. The highest BCUT2D eigenvalue weighted by Crippen LogP contribution is 2.34. The normalized spacial score (nSPS) is 17.7. The fourth-order valence-electron chi connectivity index (χ4n) is 2.43. The van der Waals surface area contributed by atoms with Gasteiger partial charge < -0.3 is 5.32 Å². The van der Waals surface area contributed by atoms with Gasteiger partial charge in [0.2, 0.25) is 0 Å². The maximum atomic E-state index is 13.9. The van der Waals surface area contributed by atoms with Crippen LogP contribution in [0.2, 0.25) is 0 Å². The quantitative estimate of drug-likeness (QED) is 0.818. The fraction of sp³-hybridized carbons (Fsp3) is 0.429. The van der Waals surface area contributed by atoms with E-state index in [1.54, 1.807) is 6.07 Å². The molecule has 0 spiro atoms. The smallest absolute Gasteiger partial charge is 0.129 e. The Labute approximate surface area is 110 Å². The summed E-state index contributed by atoms with van der Waals surface area (Å²) in [5.41, 5.74) is 2.03. The molecule has 0 fully saturated rings. The van der Waals surface area contributed by atoms with Crippen molar-refractivity contribution in [3.05, 3.63) is 45.7 Å². The third-order valence-electron chi connectivity index (χ3n) is 3.27. The largest absolute Gasteiger partial charge is 0.309 e. The lowest BCUT2D eigenvalue weighted by Crippen LogP contribution is -2.21. The second kappa shape index (κ2) is 5.78. The van der Waals surface area contributed by atoms with E-state index in [9.17, 15) is 4.39 Å². The minimum atomic E-state index is -0.148. The van der Waals surface area contributed by atoms with Crippen LogP contribution in [0.4, 0.5) is 4.39 Å². The third-order valence-corrected chi connectivity index (χ3v) is 3.97. The van der Waals surface area contributed by atoms with Crippen LogP contribution in [-0.4, -0.2) is 7.05 Å². The van der Waals surface area contributed by atoms with E-state index in [1.165, 1.54) is 24.5 Å². The summed E-state index contributed by atoms with van der Waals surface area (Å²) in [5.74, 6) is -0.148. The number of benzene rings is 1. The minimum absolute atomic E-state index is 0.00845. The van der Waals surface area contributed by atoms with Gasteiger partial charge in [-0.2, -0.15) is 0 Å². The average molecular weight is 298 g/mol. The molecule has 2 rings (SSSR count). The van der Waals surface area contributed by atoms with E-state index in [2.05, 4.69) is 27.3 Å². The summed E-state index contributed by atoms with van der Waals surface area (Å²) in [4.78, 5) is 0. The second-order valence-electron chi connectivity index (χ2n) is 4.38. The van der Waals surface area contributed by atoms with Gasteiger partial charge in [-0.3, -0.25) is 0 Å². The van der Waals surface area contributed by atoms with Crippen LogP contribution in [0, 0.1) is 5.82 Å². The first-order valence-electron chi connectivity index (χ1n) is 6.04. The van der Waals surface area contributed by atoms with Crippen molar-refractivity contribution in [3.63, 3.8) is 0 Å². The van der Waals surface area contributed by atoms with Crippen LogP contribution < -0.4 is 5.32 Å². The summed E-state index contributed by atoms with van der Waals surface area (Å²) < 4.78 is 14.8. The zero-order valence-electron chi connectivity index (χ0n) is 9.97. The van der Waals surface area contributed by atoms with Gasteiger partial charge in [-0.05, 0) is 44.9 Å². The molecule has 1 aromatic rings. The van der Waals surface area contributed by atoms with E-state index in [-0.39, 0.29) is 11.9 Å². The lowest BCUT2D eigenvalue weighted by atomic mass is 9.90. The molecule has 0 radical (unpaired) electrons. The summed E-state index contributed by atoms with van der Waals surface area (Å²) in [6, 6.07) is 5.14. The van der Waals surface area contributed by atoms with Crippen molar-refractivity contribution in [2.24, 2.45) is 0 Å². The Balaban J connectivity index is 2.38. The number of likely N-dealkylation sites (N-methyl/N-ethyl adjacent to an activating group) is 1. The number of nitrogens with one attached hydrogen (secondary N) is 1. The van der Waals surface area contributed by atoms with Crippen LogP contribution in [-0.2, 0) is 0 Å². The van der Waals surface area contributed by atoms with Gasteiger partial charge in [-0.25, -0.2) is 4.39 Å². The van der Waals surface area contributed by atoms with Gasteiger partial charge in [0, 0.05) is 10.0 Å². The Morgan fingerprint density at radius 1 is 1.35 bits per heavy atom. The van der Waals surface area contributed by atoms with E-state index in [1.807, 2.05) is 13.1 Å². The molecule has 0 saturated heterocycles. The number of hydrogen-bond donors (Lipinski definition) is 1. The Bertz CT molecular complexity index is 408. The van der Waals surface area contributed by atoms with Crippen LogP contribution in [0.5, 0.6) is 0 Å².